The van der Waals surface area contributed by atoms with Crippen LogP contribution in [0.3, 0.4) is 0 Å². The minimum absolute atomic E-state index is 0.318. The summed E-state index contributed by atoms with van der Waals surface area (Å²) in [4.78, 5) is 20.2. The van der Waals surface area contributed by atoms with Crippen LogP contribution in [0.4, 0.5) is 5.82 Å². The largest absolute Gasteiger partial charge is 0.478 e. The summed E-state index contributed by atoms with van der Waals surface area (Å²) in [5, 5.41) is 9.07. The smallest absolute Gasteiger partial charge is 0.335 e. The molecule has 0 amide bonds. The quantitative estimate of drug-likeness (QED) is 0.925. The van der Waals surface area contributed by atoms with Gasteiger partial charge in [-0.3, -0.25) is 0 Å². The molecule has 1 aromatic heterocycles. The molecule has 114 valence electrons. The molecular formula is C16H23N3O2. The highest BCUT2D eigenvalue weighted by Gasteiger charge is 2.26. The Balaban J connectivity index is 1.60. The molecule has 0 aliphatic carbocycles. The predicted octanol–water partition coefficient (Wildman–Crippen LogP) is 2.23. The third-order valence-corrected chi connectivity index (χ3v) is 4.69. The number of carboxylic acid groups (broad SMARTS) is 1. The van der Waals surface area contributed by atoms with E-state index in [0.717, 1.165) is 31.7 Å². The van der Waals surface area contributed by atoms with Crippen LogP contribution < -0.4 is 4.90 Å². The molecule has 2 aliphatic heterocycles. The highest BCUT2D eigenvalue weighted by molar-refractivity contribution is 5.88. The van der Waals surface area contributed by atoms with E-state index in [4.69, 9.17) is 5.11 Å². The van der Waals surface area contributed by atoms with Crippen LogP contribution in [0.1, 0.15) is 42.5 Å². The SMILES string of the molecule is O=C(O)c1ccnc(N2CCC(N3CCCCC3)CC2)c1. The maximum Gasteiger partial charge on any atom is 0.335 e. The van der Waals surface area contributed by atoms with Gasteiger partial charge in [-0.2, -0.15) is 0 Å². The fourth-order valence-electron chi connectivity index (χ4n) is 3.47. The molecule has 2 saturated heterocycles. The number of piperidine rings is 2. The summed E-state index contributed by atoms with van der Waals surface area (Å²) in [5.74, 6) is -0.0890. The normalized spacial score (nSPS) is 21.4. The second-order valence-corrected chi connectivity index (χ2v) is 6.02. The minimum Gasteiger partial charge on any atom is -0.478 e. The van der Waals surface area contributed by atoms with E-state index in [0.29, 0.717) is 11.6 Å². The molecule has 2 fully saturated rings. The van der Waals surface area contributed by atoms with Crippen molar-refractivity contribution in [1.82, 2.24) is 9.88 Å². The van der Waals surface area contributed by atoms with Gasteiger partial charge in [0, 0.05) is 25.3 Å². The van der Waals surface area contributed by atoms with E-state index in [-0.39, 0.29) is 0 Å². The monoisotopic (exact) mass is 289 g/mol. The first-order valence-corrected chi connectivity index (χ1v) is 7.92. The zero-order valence-electron chi connectivity index (χ0n) is 12.4. The van der Waals surface area contributed by atoms with Crippen molar-refractivity contribution in [2.24, 2.45) is 0 Å². The fraction of sp³-hybridized carbons (Fsp3) is 0.625. The number of hydrogen-bond donors (Lipinski definition) is 1. The summed E-state index contributed by atoms with van der Waals surface area (Å²) in [5.41, 5.74) is 0.318. The van der Waals surface area contributed by atoms with Gasteiger partial charge in [-0.1, -0.05) is 6.42 Å². The molecule has 0 radical (unpaired) electrons. The molecule has 0 spiro atoms. The van der Waals surface area contributed by atoms with Crippen LogP contribution >= 0.6 is 0 Å². The van der Waals surface area contributed by atoms with Crippen LogP contribution in [0.15, 0.2) is 18.3 Å². The Morgan fingerprint density at radius 2 is 1.86 bits per heavy atom. The van der Waals surface area contributed by atoms with E-state index in [1.165, 1.54) is 32.4 Å². The van der Waals surface area contributed by atoms with Crippen molar-refractivity contribution in [3.8, 4) is 0 Å². The van der Waals surface area contributed by atoms with E-state index in [2.05, 4.69) is 14.8 Å². The number of aromatic nitrogens is 1. The number of pyridine rings is 1. The van der Waals surface area contributed by atoms with Gasteiger partial charge in [-0.25, -0.2) is 9.78 Å². The molecular weight excluding hydrogens is 266 g/mol. The van der Waals surface area contributed by atoms with E-state index in [1.54, 1.807) is 18.3 Å². The van der Waals surface area contributed by atoms with Gasteiger partial charge in [0.2, 0.25) is 0 Å². The van der Waals surface area contributed by atoms with Crippen LogP contribution in [0.25, 0.3) is 0 Å². The van der Waals surface area contributed by atoms with Crippen LogP contribution in [0, 0.1) is 0 Å². The van der Waals surface area contributed by atoms with Crippen LogP contribution in [0.2, 0.25) is 0 Å². The van der Waals surface area contributed by atoms with Crippen molar-refractivity contribution in [1.29, 1.82) is 0 Å². The highest BCUT2D eigenvalue weighted by atomic mass is 16.4. The fourth-order valence-corrected chi connectivity index (χ4v) is 3.47. The summed E-state index contributed by atoms with van der Waals surface area (Å²) in [6, 6.07) is 3.93. The number of rotatable bonds is 3. The number of nitrogens with zero attached hydrogens (tertiary/aromatic N) is 3. The Kier molecular flexibility index (Phi) is 4.39. The third kappa shape index (κ3) is 3.35. The van der Waals surface area contributed by atoms with Gasteiger partial charge in [0.1, 0.15) is 5.82 Å². The maximum absolute atomic E-state index is 11.0. The second-order valence-electron chi connectivity index (χ2n) is 6.02. The minimum atomic E-state index is -0.887. The highest BCUT2D eigenvalue weighted by Crippen LogP contribution is 2.24. The Morgan fingerprint density at radius 1 is 1.14 bits per heavy atom. The van der Waals surface area contributed by atoms with Gasteiger partial charge in [0.25, 0.3) is 0 Å². The third-order valence-electron chi connectivity index (χ3n) is 4.69. The number of likely N-dealkylation sites (tertiary alicyclic amines) is 1. The summed E-state index contributed by atoms with van der Waals surface area (Å²) < 4.78 is 0. The zero-order chi connectivity index (χ0) is 14.7. The Hall–Kier alpha value is -1.62. The molecule has 0 unspecified atom stereocenters. The zero-order valence-corrected chi connectivity index (χ0v) is 12.4. The number of anilines is 1. The Labute approximate surface area is 125 Å². The van der Waals surface area contributed by atoms with Crippen molar-refractivity contribution in [2.45, 2.75) is 38.1 Å². The molecule has 0 saturated carbocycles. The molecule has 0 bridgehead atoms. The van der Waals surface area contributed by atoms with E-state index in [9.17, 15) is 4.79 Å². The summed E-state index contributed by atoms with van der Waals surface area (Å²) in [7, 11) is 0. The molecule has 21 heavy (non-hydrogen) atoms. The summed E-state index contributed by atoms with van der Waals surface area (Å²) >= 11 is 0. The standard InChI is InChI=1S/C16H23N3O2/c20-16(21)13-4-7-17-15(12-13)19-10-5-14(6-11-19)18-8-2-1-3-9-18/h4,7,12,14H,1-3,5-6,8-11H2,(H,20,21). The lowest BCUT2D eigenvalue weighted by Crippen LogP contribution is -2.46. The van der Waals surface area contributed by atoms with Gasteiger partial charge in [-0.15, -0.1) is 0 Å². The average molecular weight is 289 g/mol. The van der Waals surface area contributed by atoms with E-state index < -0.39 is 5.97 Å². The van der Waals surface area contributed by atoms with Crippen molar-refractivity contribution < 1.29 is 9.90 Å². The summed E-state index contributed by atoms with van der Waals surface area (Å²) in [6.07, 6.45) is 7.94. The predicted molar refractivity (Wildman–Crippen MR) is 81.9 cm³/mol. The van der Waals surface area contributed by atoms with Crippen LogP contribution in [-0.2, 0) is 0 Å². The molecule has 2 aliphatic rings. The van der Waals surface area contributed by atoms with Gasteiger partial charge in [0.05, 0.1) is 5.56 Å². The number of carbonyl (C=O) groups is 1. The first-order chi connectivity index (χ1) is 10.2. The van der Waals surface area contributed by atoms with Gasteiger partial charge >= 0.3 is 5.97 Å². The number of aromatic carboxylic acids is 1. The molecule has 3 rings (SSSR count). The van der Waals surface area contributed by atoms with Gasteiger partial charge in [-0.05, 0) is 50.9 Å². The van der Waals surface area contributed by atoms with E-state index in [1.807, 2.05) is 0 Å². The second kappa shape index (κ2) is 6.43. The van der Waals surface area contributed by atoms with Crippen molar-refractivity contribution in [3.63, 3.8) is 0 Å². The van der Waals surface area contributed by atoms with Gasteiger partial charge < -0.3 is 14.9 Å². The molecule has 0 aromatic carbocycles. The number of hydrogen-bond acceptors (Lipinski definition) is 4. The molecule has 5 nitrogen and oxygen atoms in total. The topological polar surface area (TPSA) is 56.7 Å². The Bertz CT molecular complexity index is 492. The van der Waals surface area contributed by atoms with Crippen molar-refractivity contribution in [3.05, 3.63) is 23.9 Å². The van der Waals surface area contributed by atoms with Crippen LogP contribution in [-0.4, -0.2) is 53.2 Å². The first kappa shape index (κ1) is 14.3. The summed E-state index contributed by atoms with van der Waals surface area (Å²) in [6.45, 7) is 4.43. The van der Waals surface area contributed by atoms with E-state index >= 15 is 0 Å². The number of carboxylic acids is 1. The first-order valence-electron chi connectivity index (χ1n) is 7.92. The average Bonchev–Trinajstić information content (AvgIpc) is 2.56. The van der Waals surface area contributed by atoms with Crippen molar-refractivity contribution in [2.75, 3.05) is 31.1 Å². The van der Waals surface area contributed by atoms with Crippen molar-refractivity contribution >= 4 is 11.8 Å². The lowest BCUT2D eigenvalue weighted by molar-refractivity contribution is 0.0696. The molecule has 0 atom stereocenters. The Morgan fingerprint density at radius 3 is 2.52 bits per heavy atom. The van der Waals surface area contributed by atoms with Crippen LogP contribution in [0.5, 0.6) is 0 Å². The molecule has 3 heterocycles. The lowest BCUT2D eigenvalue weighted by atomic mass is 10.00. The molecule has 5 heteroatoms. The lowest BCUT2D eigenvalue weighted by Gasteiger charge is -2.40. The maximum atomic E-state index is 11.0. The molecule has 1 aromatic rings. The molecule has 1 N–H and O–H groups in total. The van der Waals surface area contributed by atoms with Gasteiger partial charge in [0.15, 0.2) is 0 Å².